The number of fused-ring (bicyclic) bond motifs is 1. The Morgan fingerprint density at radius 1 is 1.35 bits per heavy atom. The van der Waals surface area contributed by atoms with E-state index in [4.69, 9.17) is 0 Å². The van der Waals surface area contributed by atoms with Crippen LogP contribution >= 0.6 is 0 Å². The first-order valence-electron chi connectivity index (χ1n) is 7.53. The molecule has 6 heteroatoms. The minimum atomic E-state index is -0.323. The fourth-order valence-electron chi connectivity index (χ4n) is 3.17. The van der Waals surface area contributed by atoms with E-state index in [-0.39, 0.29) is 5.82 Å². The van der Waals surface area contributed by atoms with Crippen molar-refractivity contribution in [1.82, 2.24) is 14.9 Å². The summed E-state index contributed by atoms with van der Waals surface area (Å²) in [5.74, 6) is 0.632. The Labute approximate surface area is 119 Å². The van der Waals surface area contributed by atoms with Crippen molar-refractivity contribution in [1.29, 1.82) is 0 Å². The van der Waals surface area contributed by atoms with Gasteiger partial charge in [-0.1, -0.05) is 6.42 Å². The number of nitrogens with zero attached hydrogens (tertiary/aromatic N) is 4. The molecule has 0 aliphatic carbocycles. The first kappa shape index (κ1) is 13.5. The van der Waals surface area contributed by atoms with E-state index in [1.54, 1.807) is 0 Å². The SMILES string of the molecule is CCNc1ncc(F)c(N2CCN3CCCCC3C2)n1. The largest absolute Gasteiger partial charge is 0.354 e. The number of rotatable bonds is 3. The second-order valence-corrected chi connectivity index (χ2v) is 5.53. The molecule has 1 N–H and O–H groups in total. The molecule has 1 atom stereocenters. The highest BCUT2D eigenvalue weighted by atomic mass is 19.1. The molecule has 2 fully saturated rings. The Morgan fingerprint density at radius 2 is 2.25 bits per heavy atom. The standard InChI is InChI=1S/C14H22FN5/c1-2-16-14-17-9-12(15)13(18-14)20-8-7-19-6-4-3-5-11(19)10-20/h9,11H,2-8,10H2,1H3,(H,16,17,18). The summed E-state index contributed by atoms with van der Waals surface area (Å²) in [6, 6.07) is 0.550. The quantitative estimate of drug-likeness (QED) is 0.913. The summed E-state index contributed by atoms with van der Waals surface area (Å²) < 4.78 is 14.0. The summed E-state index contributed by atoms with van der Waals surface area (Å²) in [6.07, 6.45) is 5.06. The molecular weight excluding hydrogens is 257 g/mol. The van der Waals surface area contributed by atoms with E-state index in [9.17, 15) is 4.39 Å². The summed E-state index contributed by atoms with van der Waals surface area (Å²) in [5, 5.41) is 3.04. The molecule has 0 amide bonds. The van der Waals surface area contributed by atoms with Crippen molar-refractivity contribution in [2.24, 2.45) is 0 Å². The molecule has 0 aromatic carbocycles. The van der Waals surface area contributed by atoms with Crippen LogP contribution in [-0.4, -0.2) is 53.6 Å². The van der Waals surface area contributed by atoms with Crippen LogP contribution in [0.1, 0.15) is 26.2 Å². The molecule has 20 heavy (non-hydrogen) atoms. The molecule has 0 radical (unpaired) electrons. The smallest absolute Gasteiger partial charge is 0.224 e. The third kappa shape index (κ3) is 2.70. The van der Waals surface area contributed by atoms with Gasteiger partial charge in [0.05, 0.1) is 6.20 Å². The summed E-state index contributed by atoms with van der Waals surface area (Å²) >= 11 is 0. The average molecular weight is 279 g/mol. The fraction of sp³-hybridized carbons (Fsp3) is 0.714. The van der Waals surface area contributed by atoms with Crippen molar-refractivity contribution in [3.63, 3.8) is 0 Å². The van der Waals surface area contributed by atoms with Gasteiger partial charge in [0.2, 0.25) is 5.95 Å². The van der Waals surface area contributed by atoms with Crippen molar-refractivity contribution in [2.75, 3.05) is 42.9 Å². The topological polar surface area (TPSA) is 44.3 Å². The second kappa shape index (κ2) is 5.91. The van der Waals surface area contributed by atoms with E-state index in [0.29, 0.717) is 17.8 Å². The number of aromatic nitrogens is 2. The summed E-state index contributed by atoms with van der Waals surface area (Å²) in [7, 11) is 0. The Morgan fingerprint density at radius 3 is 3.10 bits per heavy atom. The van der Waals surface area contributed by atoms with Gasteiger partial charge >= 0.3 is 0 Å². The Kier molecular flexibility index (Phi) is 4.00. The lowest BCUT2D eigenvalue weighted by Gasteiger charge is -2.44. The highest BCUT2D eigenvalue weighted by Gasteiger charge is 2.30. The molecule has 1 aromatic heterocycles. The van der Waals surface area contributed by atoms with E-state index in [0.717, 1.165) is 26.2 Å². The number of hydrogen-bond acceptors (Lipinski definition) is 5. The third-order valence-electron chi connectivity index (χ3n) is 4.20. The van der Waals surface area contributed by atoms with Crippen LogP contribution in [0.15, 0.2) is 6.20 Å². The minimum Gasteiger partial charge on any atom is -0.354 e. The predicted molar refractivity (Wildman–Crippen MR) is 77.6 cm³/mol. The van der Waals surface area contributed by atoms with Gasteiger partial charge in [-0.25, -0.2) is 9.37 Å². The lowest BCUT2D eigenvalue weighted by atomic mass is 9.99. The van der Waals surface area contributed by atoms with Gasteiger partial charge in [0.15, 0.2) is 11.6 Å². The van der Waals surface area contributed by atoms with E-state index in [1.165, 1.54) is 32.0 Å². The van der Waals surface area contributed by atoms with E-state index >= 15 is 0 Å². The van der Waals surface area contributed by atoms with Crippen LogP contribution < -0.4 is 10.2 Å². The van der Waals surface area contributed by atoms with Gasteiger partial charge < -0.3 is 10.2 Å². The normalized spacial score (nSPS) is 23.5. The van der Waals surface area contributed by atoms with Crippen LogP contribution in [0, 0.1) is 5.82 Å². The summed E-state index contributed by atoms with van der Waals surface area (Å²) in [6.45, 7) is 6.63. The van der Waals surface area contributed by atoms with Gasteiger partial charge in [-0.05, 0) is 26.3 Å². The predicted octanol–water partition coefficient (Wildman–Crippen LogP) is 1.72. The zero-order valence-electron chi connectivity index (χ0n) is 12.0. The zero-order chi connectivity index (χ0) is 13.9. The molecule has 2 aliphatic heterocycles. The number of halogens is 1. The van der Waals surface area contributed by atoms with Crippen LogP contribution in [0.4, 0.5) is 16.2 Å². The first-order valence-corrected chi connectivity index (χ1v) is 7.53. The highest BCUT2D eigenvalue weighted by molar-refractivity contribution is 5.44. The van der Waals surface area contributed by atoms with Crippen LogP contribution in [0.2, 0.25) is 0 Å². The van der Waals surface area contributed by atoms with Crippen molar-refractivity contribution >= 4 is 11.8 Å². The number of piperazine rings is 1. The molecule has 2 aliphatic rings. The third-order valence-corrected chi connectivity index (χ3v) is 4.20. The molecule has 3 heterocycles. The molecule has 0 saturated carbocycles. The maximum Gasteiger partial charge on any atom is 0.224 e. The molecule has 0 bridgehead atoms. The molecule has 2 saturated heterocycles. The van der Waals surface area contributed by atoms with Gasteiger partial charge in [-0.2, -0.15) is 4.98 Å². The van der Waals surface area contributed by atoms with Crippen LogP contribution in [0.3, 0.4) is 0 Å². The van der Waals surface area contributed by atoms with Gasteiger partial charge in [0.25, 0.3) is 0 Å². The lowest BCUT2D eigenvalue weighted by Crippen LogP contribution is -2.55. The molecular formula is C14H22FN5. The fourth-order valence-corrected chi connectivity index (χ4v) is 3.17. The van der Waals surface area contributed by atoms with Gasteiger partial charge in [0, 0.05) is 32.2 Å². The van der Waals surface area contributed by atoms with Crippen molar-refractivity contribution < 1.29 is 4.39 Å². The summed E-state index contributed by atoms with van der Waals surface area (Å²) in [5.41, 5.74) is 0. The number of piperidine rings is 1. The highest BCUT2D eigenvalue weighted by Crippen LogP contribution is 2.25. The first-order chi connectivity index (χ1) is 9.78. The molecule has 3 rings (SSSR count). The van der Waals surface area contributed by atoms with Gasteiger partial charge in [0.1, 0.15) is 0 Å². The lowest BCUT2D eigenvalue weighted by molar-refractivity contribution is 0.133. The van der Waals surface area contributed by atoms with E-state index in [1.807, 2.05) is 6.92 Å². The molecule has 110 valence electrons. The maximum absolute atomic E-state index is 14.0. The minimum absolute atomic E-state index is 0.323. The Bertz CT molecular complexity index is 467. The van der Waals surface area contributed by atoms with Crippen LogP contribution in [0.5, 0.6) is 0 Å². The monoisotopic (exact) mass is 279 g/mol. The number of hydrogen-bond donors (Lipinski definition) is 1. The molecule has 5 nitrogen and oxygen atoms in total. The van der Waals surface area contributed by atoms with Gasteiger partial charge in [-0.3, -0.25) is 4.90 Å². The average Bonchev–Trinajstić information content (AvgIpc) is 2.49. The number of anilines is 2. The maximum atomic E-state index is 14.0. The number of nitrogens with one attached hydrogen (secondary N) is 1. The Hall–Kier alpha value is -1.43. The van der Waals surface area contributed by atoms with Crippen LogP contribution in [0.25, 0.3) is 0 Å². The van der Waals surface area contributed by atoms with Crippen molar-refractivity contribution in [3.05, 3.63) is 12.0 Å². The van der Waals surface area contributed by atoms with Gasteiger partial charge in [-0.15, -0.1) is 0 Å². The second-order valence-electron chi connectivity index (χ2n) is 5.53. The van der Waals surface area contributed by atoms with E-state index in [2.05, 4.69) is 25.1 Å². The zero-order valence-corrected chi connectivity index (χ0v) is 12.0. The molecule has 0 spiro atoms. The Balaban J connectivity index is 1.76. The van der Waals surface area contributed by atoms with Crippen LogP contribution in [-0.2, 0) is 0 Å². The molecule has 1 aromatic rings. The van der Waals surface area contributed by atoms with Crippen molar-refractivity contribution in [2.45, 2.75) is 32.2 Å². The summed E-state index contributed by atoms with van der Waals surface area (Å²) in [4.78, 5) is 12.9. The molecule has 1 unspecified atom stereocenters. The van der Waals surface area contributed by atoms with Crippen molar-refractivity contribution in [3.8, 4) is 0 Å². The van der Waals surface area contributed by atoms with E-state index < -0.39 is 0 Å².